The predicted molar refractivity (Wildman–Crippen MR) is 55.0 cm³/mol. The Bertz CT molecular complexity index is 335. The summed E-state index contributed by atoms with van der Waals surface area (Å²) in [5.74, 6) is 0.712. The highest BCUT2D eigenvalue weighted by Gasteiger charge is 2.09. The summed E-state index contributed by atoms with van der Waals surface area (Å²) in [6, 6.07) is 6.92. The van der Waals surface area contributed by atoms with Crippen molar-refractivity contribution < 1.29 is 9.94 Å². The predicted octanol–water partition coefficient (Wildman–Crippen LogP) is 1.22. The molecular formula is C10H14N2O2. The molecule has 4 nitrogen and oxygen atoms in total. The number of oxime groups is 1. The molecule has 0 bridgehead atoms. The molecule has 1 atom stereocenters. The van der Waals surface area contributed by atoms with Gasteiger partial charge in [-0.15, -0.1) is 0 Å². The number of nitrogens with zero attached hydrogens (tertiary/aromatic N) is 1. The van der Waals surface area contributed by atoms with Gasteiger partial charge in [0.05, 0.1) is 7.11 Å². The Morgan fingerprint density at radius 3 is 2.79 bits per heavy atom. The van der Waals surface area contributed by atoms with Gasteiger partial charge in [0.25, 0.3) is 0 Å². The van der Waals surface area contributed by atoms with Gasteiger partial charge in [-0.1, -0.05) is 17.3 Å². The maximum absolute atomic E-state index is 8.78. The van der Waals surface area contributed by atoms with Gasteiger partial charge in [0.15, 0.2) is 0 Å². The third-order valence-corrected chi connectivity index (χ3v) is 1.90. The van der Waals surface area contributed by atoms with Crippen LogP contribution in [-0.2, 0) is 0 Å². The summed E-state index contributed by atoms with van der Waals surface area (Å²) in [5.41, 5.74) is 6.85. The minimum atomic E-state index is -0.313. The highest BCUT2D eigenvalue weighted by molar-refractivity contribution is 6.03. The van der Waals surface area contributed by atoms with Crippen molar-refractivity contribution in [2.45, 2.75) is 13.0 Å². The maximum Gasteiger partial charge on any atom is 0.119 e. The van der Waals surface area contributed by atoms with Gasteiger partial charge < -0.3 is 15.7 Å². The lowest BCUT2D eigenvalue weighted by Gasteiger charge is -2.09. The van der Waals surface area contributed by atoms with Crippen molar-refractivity contribution in [3.8, 4) is 5.75 Å². The van der Waals surface area contributed by atoms with E-state index in [0.717, 1.165) is 5.56 Å². The summed E-state index contributed by atoms with van der Waals surface area (Å²) in [6.45, 7) is 1.76. The van der Waals surface area contributed by atoms with E-state index >= 15 is 0 Å². The molecule has 0 fully saturated rings. The lowest BCUT2D eigenvalue weighted by molar-refractivity contribution is 0.317. The molecule has 0 spiro atoms. The average Bonchev–Trinajstić information content (AvgIpc) is 2.19. The fourth-order valence-electron chi connectivity index (χ4n) is 1.19. The molecule has 0 saturated carbocycles. The van der Waals surface area contributed by atoms with Crippen molar-refractivity contribution in [2.24, 2.45) is 10.9 Å². The lowest BCUT2D eigenvalue weighted by Crippen LogP contribution is -2.27. The minimum absolute atomic E-state index is 0.313. The summed E-state index contributed by atoms with van der Waals surface area (Å²) in [6.07, 6.45) is 0. The summed E-state index contributed by atoms with van der Waals surface area (Å²) in [5, 5.41) is 11.9. The Kier molecular flexibility index (Phi) is 3.48. The number of ether oxygens (including phenoxy) is 1. The molecule has 4 heteroatoms. The van der Waals surface area contributed by atoms with E-state index in [1.165, 1.54) is 0 Å². The molecule has 1 aromatic carbocycles. The third-order valence-electron chi connectivity index (χ3n) is 1.90. The molecule has 0 aromatic heterocycles. The SMILES string of the molecule is COc1cccc(C(=NO)C(C)N)c1. The van der Waals surface area contributed by atoms with E-state index in [4.69, 9.17) is 15.7 Å². The van der Waals surface area contributed by atoms with Crippen LogP contribution >= 0.6 is 0 Å². The summed E-state index contributed by atoms with van der Waals surface area (Å²) >= 11 is 0. The molecular weight excluding hydrogens is 180 g/mol. The quantitative estimate of drug-likeness (QED) is 0.432. The van der Waals surface area contributed by atoms with E-state index in [1.54, 1.807) is 20.1 Å². The topological polar surface area (TPSA) is 67.8 Å². The van der Waals surface area contributed by atoms with Crippen molar-refractivity contribution in [2.75, 3.05) is 7.11 Å². The van der Waals surface area contributed by atoms with Crippen LogP contribution in [-0.4, -0.2) is 24.1 Å². The van der Waals surface area contributed by atoms with Gasteiger partial charge in [-0.3, -0.25) is 0 Å². The van der Waals surface area contributed by atoms with Gasteiger partial charge in [0, 0.05) is 11.6 Å². The molecule has 0 heterocycles. The van der Waals surface area contributed by atoms with Crippen LogP contribution in [0.4, 0.5) is 0 Å². The number of benzene rings is 1. The maximum atomic E-state index is 8.78. The first kappa shape index (κ1) is 10.5. The van der Waals surface area contributed by atoms with Gasteiger partial charge in [0.2, 0.25) is 0 Å². The monoisotopic (exact) mass is 194 g/mol. The second-order valence-corrected chi connectivity index (χ2v) is 3.01. The van der Waals surface area contributed by atoms with Crippen LogP contribution in [0.3, 0.4) is 0 Å². The van der Waals surface area contributed by atoms with Crippen LogP contribution in [0.25, 0.3) is 0 Å². The van der Waals surface area contributed by atoms with Gasteiger partial charge in [0.1, 0.15) is 11.5 Å². The van der Waals surface area contributed by atoms with E-state index in [-0.39, 0.29) is 6.04 Å². The normalized spacial score (nSPS) is 13.8. The Morgan fingerprint density at radius 2 is 2.29 bits per heavy atom. The highest BCUT2D eigenvalue weighted by atomic mass is 16.5. The zero-order chi connectivity index (χ0) is 10.6. The first-order chi connectivity index (χ1) is 6.69. The molecule has 1 unspecified atom stereocenters. The van der Waals surface area contributed by atoms with Gasteiger partial charge >= 0.3 is 0 Å². The second-order valence-electron chi connectivity index (χ2n) is 3.01. The Balaban J connectivity index is 3.05. The zero-order valence-electron chi connectivity index (χ0n) is 8.27. The Hall–Kier alpha value is -1.55. The molecule has 0 radical (unpaired) electrons. The number of hydrogen-bond donors (Lipinski definition) is 2. The van der Waals surface area contributed by atoms with E-state index in [2.05, 4.69) is 5.16 Å². The van der Waals surface area contributed by atoms with Crippen LogP contribution in [0.5, 0.6) is 5.75 Å². The van der Waals surface area contributed by atoms with Gasteiger partial charge in [-0.05, 0) is 19.1 Å². The number of hydrogen-bond acceptors (Lipinski definition) is 4. The van der Waals surface area contributed by atoms with Crippen LogP contribution in [0, 0.1) is 0 Å². The standard InChI is InChI=1S/C10H14N2O2/c1-7(11)10(12-13)8-4-3-5-9(6-8)14-2/h3-7,13H,11H2,1-2H3. The molecule has 0 aliphatic heterocycles. The van der Waals surface area contributed by atoms with Crippen molar-refractivity contribution in [3.63, 3.8) is 0 Å². The fraction of sp³-hybridized carbons (Fsp3) is 0.300. The largest absolute Gasteiger partial charge is 0.497 e. The van der Waals surface area contributed by atoms with Crippen molar-refractivity contribution in [1.29, 1.82) is 0 Å². The number of rotatable bonds is 3. The van der Waals surface area contributed by atoms with E-state index in [0.29, 0.717) is 11.5 Å². The molecule has 1 rings (SSSR count). The Morgan fingerprint density at radius 1 is 1.57 bits per heavy atom. The third kappa shape index (κ3) is 2.23. The first-order valence-corrected chi connectivity index (χ1v) is 4.31. The smallest absolute Gasteiger partial charge is 0.119 e. The highest BCUT2D eigenvalue weighted by Crippen LogP contribution is 2.14. The number of nitrogens with two attached hydrogens (primary N) is 1. The Labute approximate surface area is 83.0 Å². The van der Waals surface area contributed by atoms with Gasteiger partial charge in [-0.2, -0.15) is 0 Å². The molecule has 14 heavy (non-hydrogen) atoms. The van der Waals surface area contributed by atoms with E-state index in [9.17, 15) is 0 Å². The average molecular weight is 194 g/mol. The molecule has 0 saturated heterocycles. The van der Waals surface area contributed by atoms with E-state index < -0.39 is 0 Å². The second kappa shape index (κ2) is 4.62. The van der Waals surface area contributed by atoms with Crippen molar-refractivity contribution in [1.82, 2.24) is 0 Å². The van der Waals surface area contributed by atoms with Crippen molar-refractivity contribution >= 4 is 5.71 Å². The van der Waals surface area contributed by atoms with Crippen LogP contribution < -0.4 is 10.5 Å². The molecule has 0 aliphatic rings. The van der Waals surface area contributed by atoms with Crippen LogP contribution in [0.2, 0.25) is 0 Å². The minimum Gasteiger partial charge on any atom is -0.497 e. The van der Waals surface area contributed by atoms with Crippen LogP contribution in [0.1, 0.15) is 12.5 Å². The van der Waals surface area contributed by atoms with Gasteiger partial charge in [-0.25, -0.2) is 0 Å². The zero-order valence-corrected chi connectivity index (χ0v) is 8.27. The van der Waals surface area contributed by atoms with E-state index in [1.807, 2.05) is 18.2 Å². The fourth-order valence-corrected chi connectivity index (χ4v) is 1.19. The number of methoxy groups -OCH3 is 1. The molecule has 0 amide bonds. The van der Waals surface area contributed by atoms with Crippen LogP contribution in [0.15, 0.2) is 29.4 Å². The molecule has 1 aromatic rings. The summed E-state index contributed by atoms with van der Waals surface area (Å²) in [7, 11) is 1.58. The lowest BCUT2D eigenvalue weighted by atomic mass is 10.1. The first-order valence-electron chi connectivity index (χ1n) is 4.31. The van der Waals surface area contributed by atoms with Crippen molar-refractivity contribution in [3.05, 3.63) is 29.8 Å². The molecule has 3 N–H and O–H groups in total. The molecule has 0 aliphatic carbocycles. The summed E-state index contributed by atoms with van der Waals surface area (Å²) < 4.78 is 5.05. The molecule has 76 valence electrons. The summed E-state index contributed by atoms with van der Waals surface area (Å²) in [4.78, 5) is 0.